The second-order valence-electron chi connectivity index (χ2n) is 10.1. The molecule has 0 spiro atoms. The Morgan fingerprint density at radius 2 is 1.18 bits per heavy atom. The zero-order valence-corrected chi connectivity index (χ0v) is 18.1. The first kappa shape index (κ1) is 18.8. The first-order valence-corrected chi connectivity index (χ1v) is 10.1. The van der Waals surface area contributed by atoms with Crippen LogP contribution >= 0.6 is 0 Å². The van der Waals surface area contributed by atoms with Crippen LogP contribution in [0.2, 0.25) is 0 Å². The van der Waals surface area contributed by atoms with Crippen LogP contribution < -0.4 is 0 Å². The molecule has 28 heavy (non-hydrogen) atoms. The highest BCUT2D eigenvalue weighted by atomic mass is 16.3. The van der Waals surface area contributed by atoms with Crippen molar-refractivity contribution >= 4 is 21.9 Å². The summed E-state index contributed by atoms with van der Waals surface area (Å²) in [5, 5.41) is 2.37. The van der Waals surface area contributed by atoms with E-state index in [1.54, 1.807) is 0 Å². The molecule has 1 nitrogen and oxygen atoms in total. The van der Waals surface area contributed by atoms with Gasteiger partial charge in [0.05, 0.1) is 0 Å². The lowest BCUT2D eigenvalue weighted by atomic mass is 9.83. The van der Waals surface area contributed by atoms with Crippen molar-refractivity contribution in [2.24, 2.45) is 0 Å². The molecular weight excluding hydrogens is 340 g/mol. The summed E-state index contributed by atoms with van der Waals surface area (Å²) in [5.74, 6) is 0. The molecule has 0 amide bonds. The Hall–Kier alpha value is -2.54. The Morgan fingerprint density at radius 1 is 0.607 bits per heavy atom. The Balaban J connectivity index is 1.82. The van der Waals surface area contributed by atoms with E-state index in [4.69, 9.17) is 4.42 Å². The largest absolute Gasteiger partial charge is 0.456 e. The molecule has 4 rings (SSSR count). The van der Waals surface area contributed by atoms with Gasteiger partial charge in [-0.25, -0.2) is 0 Å². The Labute approximate surface area is 168 Å². The Morgan fingerprint density at radius 3 is 1.79 bits per heavy atom. The van der Waals surface area contributed by atoms with Crippen LogP contribution in [0, 0.1) is 6.92 Å². The van der Waals surface area contributed by atoms with Crippen LogP contribution in [-0.2, 0) is 10.8 Å². The predicted octanol–water partition coefficient (Wildman–Crippen LogP) is 8.16. The fourth-order valence-corrected chi connectivity index (χ4v) is 4.11. The highest BCUT2D eigenvalue weighted by Crippen LogP contribution is 2.36. The average Bonchev–Trinajstić information content (AvgIpc) is 2.96. The van der Waals surface area contributed by atoms with Crippen molar-refractivity contribution in [2.45, 2.75) is 59.3 Å². The fraction of sp³-hybridized carbons (Fsp3) is 0.333. The number of furan rings is 1. The van der Waals surface area contributed by atoms with Gasteiger partial charge in [-0.1, -0.05) is 77.9 Å². The molecule has 0 radical (unpaired) electrons. The summed E-state index contributed by atoms with van der Waals surface area (Å²) in [6.07, 6.45) is 0. The van der Waals surface area contributed by atoms with Crippen LogP contribution in [0.15, 0.2) is 59.0 Å². The minimum absolute atomic E-state index is 0.116. The molecule has 0 saturated heterocycles. The van der Waals surface area contributed by atoms with Crippen molar-refractivity contribution < 1.29 is 4.42 Å². The number of rotatable bonds is 1. The molecule has 0 N–H and O–H groups in total. The standard InChI is InChI=1S/C27H30O/c1-17-14-18(9-13-23(17)27(5,6)7)19-8-11-21-22-12-10-20(26(2,3)4)16-25(22)28-24(21)15-19/h8-16H,1-7H3. The molecule has 1 aromatic heterocycles. The number of benzene rings is 3. The van der Waals surface area contributed by atoms with Crippen LogP contribution in [0.5, 0.6) is 0 Å². The van der Waals surface area contributed by atoms with E-state index in [0.717, 1.165) is 11.2 Å². The molecule has 0 aliphatic carbocycles. The van der Waals surface area contributed by atoms with E-state index in [0.29, 0.717) is 0 Å². The SMILES string of the molecule is Cc1cc(-c2ccc3c(c2)oc2cc(C(C)(C)C)ccc23)ccc1C(C)(C)C. The third-order valence-electron chi connectivity index (χ3n) is 5.71. The van der Waals surface area contributed by atoms with Gasteiger partial charge in [-0.2, -0.15) is 0 Å². The zero-order chi connectivity index (χ0) is 20.3. The van der Waals surface area contributed by atoms with Gasteiger partial charge in [0.25, 0.3) is 0 Å². The highest BCUT2D eigenvalue weighted by molar-refractivity contribution is 6.06. The van der Waals surface area contributed by atoms with Crippen LogP contribution in [0.4, 0.5) is 0 Å². The van der Waals surface area contributed by atoms with Crippen LogP contribution in [0.1, 0.15) is 58.2 Å². The molecule has 0 saturated carbocycles. The van der Waals surface area contributed by atoms with Crippen molar-refractivity contribution in [1.82, 2.24) is 0 Å². The molecule has 0 fully saturated rings. The predicted molar refractivity (Wildman–Crippen MR) is 121 cm³/mol. The second-order valence-corrected chi connectivity index (χ2v) is 10.1. The van der Waals surface area contributed by atoms with E-state index < -0.39 is 0 Å². The van der Waals surface area contributed by atoms with Gasteiger partial charge in [0, 0.05) is 10.8 Å². The molecule has 144 valence electrons. The molecule has 0 aliphatic rings. The van der Waals surface area contributed by atoms with Gasteiger partial charge in [-0.3, -0.25) is 0 Å². The van der Waals surface area contributed by atoms with E-state index in [2.05, 4.69) is 103 Å². The summed E-state index contributed by atoms with van der Waals surface area (Å²) >= 11 is 0. The lowest BCUT2D eigenvalue weighted by Crippen LogP contribution is -2.12. The third-order valence-corrected chi connectivity index (χ3v) is 5.71. The smallest absolute Gasteiger partial charge is 0.136 e. The Bertz CT molecular complexity index is 1180. The van der Waals surface area contributed by atoms with E-state index >= 15 is 0 Å². The summed E-state index contributed by atoms with van der Waals surface area (Å²) in [6.45, 7) is 15.7. The molecule has 1 heteroatoms. The number of hydrogen-bond donors (Lipinski definition) is 0. The first-order chi connectivity index (χ1) is 13.0. The summed E-state index contributed by atoms with van der Waals surface area (Å²) in [4.78, 5) is 0. The average molecular weight is 371 g/mol. The van der Waals surface area contributed by atoms with Crippen molar-refractivity contribution in [3.8, 4) is 11.1 Å². The monoisotopic (exact) mass is 370 g/mol. The summed E-state index contributed by atoms with van der Waals surface area (Å²) in [6, 6.07) is 20.0. The third kappa shape index (κ3) is 3.24. The summed E-state index contributed by atoms with van der Waals surface area (Å²) in [5.41, 5.74) is 8.68. The summed E-state index contributed by atoms with van der Waals surface area (Å²) in [7, 11) is 0. The first-order valence-electron chi connectivity index (χ1n) is 10.1. The lowest BCUT2D eigenvalue weighted by molar-refractivity contribution is 0.586. The minimum Gasteiger partial charge on any atom is -0.456 e. The molecule has 3 aromatic carbocycles. The number of hydrogen-bond acceptors (Lipinski definition) is 1. The van der Waals surface area contributed by atoms with Gasteiger partial charge in [-0.05, 0) is 63.8 Å². The molecule has 0 atom stereocenters. The second kappa shape index (κ2) is 6.24. The zero-order valence-electron chi connectivity index (χ0n) is 18.1. The van der Waals surface area contributed by atoms with Crippen LogP contribution in [0.3, 0.4) is 0 Å². The molecular formula is C27H30O. The molecule has 1 heterocycles. The molecule has 4 aromatic rings. The molecule has 0 bridgehead atoms. The van der Waals surface area contributed by atoms with Gasteiger partial charge in [0.15, 0.2) is 0 Å². The van der Waals surface area contributed by atoms with Gasteiger partial charge in [0.2, 0.25) is 0 Å². The van der Waals surface area contributed by atoms with E-state index in [1.165, 1.54) is 38.6 Å². The quantitative estimate of drug-likeness (QED) is 0.329. The number of fused-ring (bicyclic) bond motifs is 3. The van der Waals surface area contributed by atoms with Crippen molar-refractivity contribution in [3.05, 3.63) is 71.3 Å². The fourth-order valence-electron chi connectivity index (χ4n) is 4.11. The van der Waals surface area contributed by atoms with Gasteiger partial charge < -0.3 is 4.42 Å². The lowest BCUT2D eigenvalue weighted by Gasteiger charge is -2.22. The molecule has 0 unspecified atom stereocenters. The highest BCUT2D eigenvalue weighted by Gasteiger charge is 2.18. The van der Waals surface area contributed by atoms with Gasteiger partial charge in [-0.15, -0.1) is 0 Å². The number of aryl methyl sites for hydroxylation is 1. The van der Waals surface area contributed by atoms with E-state index in [-0.39, 0.29) is 10.8 Å². The van der Waals surface area contributed by atoms with Crippen molar-refractivity contribution in [3.63, 3.8) is 0 Å². The maximum absolute atomic E-state index is 6.26. The van der Waals surface area contributed by atoms with Crippen LogP contribution in [-0.4, -0.2) is 0 Å². The van der Waals surface area contributed by atoms with Crippen LogP contribution in [0.25, 0.3) is 33.1 Å². The van der Waals surface area contributed by atoms with Gasteiger partial charge >= 0.3 is 0 Å². The Kier molecular flexibility index (Phi) is 4.19. The maximum atomic E-state index is 6.26. The van der Waals surface area contributed by atoms with E-state index in [1.807, 2.05) is 0 Å². The normalized spacial score (nSPS) is 12.8. The topological polar surface area (TPSA) is 13.1 Å². The molecule has 0 aliphatic heterocycles. The van der Waals surface area contributed by atoms with Gasteiger partial charge in [0.1, 0.15) is 11.2 Å². The van der Waals surface area contributed by atoms with E-state index in [9.17, 15) is 0 Å². The summed E-state index contributed by atoms with van der Waals surface area (Å²) < 4.78 is 6.26. The van der Waals surface area contributed by atoms with Crippen molar-refractivity contribution in [1.29, 1.82) is 0 Å². The van der Waals surface area contributed by atoms with Crippen molar-refractivity contribution in [2.75, 3.05) is 0 Å². The minimum atomic E-state index is 0.116. The maximum Gasteiger partial charge on any atom is 0.136 e.